The summed E-state index contributed by atoms with van der Waals surface area (Å²) in [5, 5.41) is 4.16. The van der Waals surface area contributed by atoms with Crippen molar-refractivity contribution in [3.63, 3.8) is 0 Å². The van der Waals surface area contributed by atoms with Crippen LogP contribution in [0.15, 0.2) is 10.4 Å². The molecular formula is C12H21N3O2S2. The minimum absolute atomic E-state index is 0.115. The van der Waals surface area contributed by atoms with E-state index in [0.717, 1.165) is 24.4 Å². The first kappa shape index (κ1) is 14.9. The van der Waals surface area contributed by atoms with Crippen molar-refractivity contribution in [3.05, 3.63) is 11.2 Å². The molecule has 0 bridgehead atoms. The highest BCUT2D eigenvalue weighted by Gasteiger charge is 2.32. The maximum absolute atomic E-state index is 12.1. The van der Waals surface area contributed by atoms with Gasteiger partial charge in [0, 0.05) is 12.6 Å². The topological polar surface area (TPSA) is 71.1 Å². The first-order chi connectivity index (χ1) is 8.81. The standard InChI is InChI=1S/C12H21N3O2S2/c1-9-14-8-11(18-9)19(16,17)15-7-10-12(2,3)5-4-6-13-10/h8,10,13,15H,4-7H2,1-3H3. The largest absolute Gasteiger partial charge is 0.312 e. The molecule has 0 radical (unpaired) electrons. The number of thiazole rings is 1. The van der Waals surface area contributed by atoms with Gasteiger partial charge in [0.1, 0.15) is 0 Å². The van der Waals surface area contributed by atoms with Crippen molar-refractivity contribution in [2.45, 2.75) is 43.9 Å². The van der Waals surface area contributed by atoms with E-state index in [1.807, 2.05) is 0 Å². The summed E-state index contributed by atoms with van der Waals surface area (Å²) in [5.41, 5.74) is 0.115. The predicted octanol–water partition coefficient (Wildman–Crippen LogP) is 1.51. The third-order valence-corrected chi connectivity index (χ3v) is 6.47. The molecule has 5 nitrogen and oxygen atoms in total. The maximum atomic E-state index is 12.1. The Labute approximate surface area is 118 Å². The smallest absolute Gasteiger partial charge is 0.251 e. The Hall–Kier alpha value is -0.500. The van der Waals surface area contributed by atoms with E-state index in [4.69, 9.17) is 0 Å². The van der Waals surface area contributed by atoms with Gasteiger partial charge in [-0.2, -0.15) is 0 Å². The number of sulfonamides is 1. The van der Waals surface area contributed by atoms with Crippen LogP contribution in [0.5, 0.6) is 0 Å². The molecule has 7 heteroatoms. The Balaban J connectivity index is 2.02. The SMILES string of the molecule is Cc1ncc(S(=O)(=O)NCC2NCCCC2(C)C)s1. The molecule has 1 aliphatic heterocycles. The zero-order valence-corrected chi connectivity index (χ0v) is 13.2. The van der Waals surface area contributed by atoms with Gasteiger partial charge in [-0.1, -0.05) is 13.8 Å². The zero-order valence-electron chi connectivity index (χ0n) is 11.6. The van der Waals surface area contributed by atoms with Crippen LogP contribution < -0.4 is 10.0 Å². The lowest BCUT2D eigenvalue weighted by Gasteiger charge is -2.39. The normalized spacial score (nSPS) is 23.4. The summed E-state index contributed by atoms with van der Waals surface area (Å²) in [6.07, 6.45) is 3.68. The van der Waals surface area contributed by atoms with Gasteiger partial charge in [-0.15, -0.1) is 11.3 Å². The van der Waals surface area contributed by atoms with E-state index in [2.05, 4.69) is 28.9 Å². The molecular weight excluding hydrogens is 282 g/mol. The molecule has 2 N–H and O–H groups in total. The Morgan fingerprint density at radius 2 is 2.32 bits per heavy atom. The first-order valence-corrected chi connectivity index (χ1v) is 8.77. The number of nitrogens with one attached hydrogen (secondary N) is 2. The molecule has 2 rings (SSSR count). The molecule has 19 heavy (non-hydrogen) atoms. The van der Waals surface area contributed by atoms with Crippen LogP contribution >= 0.6 is 11.3 Å². The van der Waals surface area contributed by atoms with E-state index in [-0.39, 0.29) is 11.5 Å². The van der Waals surface area contributed by atoms with Crippen molar-refractivity contribution in [3.8, 4) is 0 Å². The lowest BCUT2D eigenvalue weighted by molar-refractivity contribution is 0.182. The lowest BCUT2D eigenvalue weighted by atomic mass is 9.78. The van der Waals surface area contributed by atoms with E-state index in [1.165, 1.54) is 17.5 Å². The van der Waals surface area contributed by atoms with E-state index in [9.17, 15) is 8.42 Å². The van der Waals surface area contributed by atoms with Crippen LogP contribution in [0.2, 0.25) is 0 Å². The summed E-state index contributed by atoms with van der Waals surface area (Å²) in [5.74, 6) is 0. The van der Waals surface area contributed by atoms with Crippen molar-refractivity contribution >= 4 is 21.4 Å². The summed E-state index contributed by atoms with van der Waals surface area (Å²) in [7, 11) is -3.42. The van der Waals surface area contributed by atoms with E-state index >= 15 is 0 Å². The molecule has 2 heterocycles. The highest BCUT2D eigenvalue weighted by atomic mass is 32.2. The van der Waals surface area contributed by atoms with Gasteiger partial charge in [-0.25, -0.2) is 18.1 Å². The molecule has 1 fully saturated rings. The van der Waals surface area contributed by atoms with Crippen LogP contribution in [0.3, 0.4) is 0 Å². The number of hydrogen-bond donors (Lipinski definition) is 2. The van der Waals surface area contributed by atoms with Crippen molar-refractivity contribution in [1.82, 2.24) is 15.0 Å². The molecule has 1 aliphatic rings. The average Bonchev–Trinajstić information content (AvgIpc) is 2.75. The quantitative estimate of drug-likeness (QED) is 0.884. The van der Waals surface area contributed by atoms with Gasteiger partial charge in [0.2, 0.25) is 0 Å². The van der Waals surface area contributed by atoms with Crippen LogP contribution in [0.1, 0.15) is 31.7 Å². The van der Waals surface area contributed by atoms with Gasteiger partial charge in [-0.3, -0.25) is 0 Å². The summed E-state index contributed by atoms with van der Waals surface area (Å²) >= 11 is 1.20. The molecule has 1 atom stereocenters. The fraction of sp³-hybridized carbons (Fsp3) is 0.750. The number of aryl methyl sites for hydroxylation is 1. The Bertz CT molecular complexity index is 537. The Morgan fingerprint density at radius 1 is 1.58 bits per heavy atom. The monoisotopic (exact) mass is 303 g/mol. The third-order valence-electron chi connectivity index (χ3n) is 3.67. The molecule has 1 aromatic rings. The molecule has 0 saturated carbocycles. The zero-order chi connectivity index (χ0) is 14.1. The lowest BCUT2D eigenvalue weighted by Crippen LogP contribution is -2.52. The van der Waals surface area contributed by atoms with Gasteiger partial charge in [-0.05, 0) is 31.7 Å². The first-order valence-electron chi connectivity index (χ1n) is 6.47. The summed E-state index contributed by atoms with van der Waals surface area (Å²) < 4.78 is 27.2. The number of nitrogens with zero attached hydrogens (tertiary/aromatic N) is 1. The predicted molar refractivity (Wildman–Crippen MR) is 76.8 cm³/mol. The van der Waals surface area contributed by atoms with E-state index < -0.39 is 10.0 Å². The van der Waals surface area contributed by atoms with Crippen molar-refractivity contribution in [2.75, 3.05) is 13.1 Å². The van der Waals surface area contributed by atoms with Crippen LogP contribution in [-0.2, 0) is 10.0 Å². The van der Waals surface area contributed by atoms with Crippen molar-refractivity contribution in [2.24, 2.45) is 5.41 Å². The number of aromatic nitrogens is 1. The minimum atomic E-state index is -3.42. The average molecular weight is 303 g/mol. The maximum Gasteiger partial charge on any atom is 0.251 e. The third kappa shape index (κ3) is 3.53. The van der Waals surface area contributed by atoms with E-state index in [0.29, 0.717) is 10.8 Å². The highest BCUT2D eigenvalue weighted by molar-refractivity contribution is 7.91. The molecule has 1 unspecified atom stereocenters. The Kier molecular flexibility index (Phi) is 4.29. The second kappa shape index (κ2) is 5.47. The van der Waals surface area contributed by atoms with Gasteiger partial charge < -0.3 is 5.32 Å². The molecule has 0 spiro atoms. The van der Waals surface area contributed by atoms with Gasteiger partial charge in [0.05, 0.1) is 11.2 Å². The van der Waals surface area contributed by atoms with Crippen LogP contribution in [0.4, 0.5) is 0 Å². The fourth-order valence-electron chi connectivity index (χ4n) is 2.35. The molecule has 0 aliphatic carbocycles. The van der Waals surface area contributed by atoms with Crippen LogP contribution in [0.25, 0.3) is 0 Å². The van der Waals surface area contributed by atoms with Crippen LogP contribution in [0, 0.1) is 12.3 Å². The number of hydrogen-bond acceptors (Lipinski definition) is 5. The second-order valence-corrected chi connectivity index (χ2v) is 8.88. The molecule has 1 saturated heterocycles. The van der Waals surface area contributed by atoms with Crippen molar-refractivity contribution in [1.29, 1.82) is 0 Å². The molecule has 0 amide bonds. The fourth-order valence-corrected chi connectivity index (χ4v) is 4.55. The molecule has 0 aromatic carbocycles. The van der Waals surface area contributed by atoms with Gasteiger partial charge >= 0.3 is 0 Å². The second-order valence-electron chi connectivity index (χ2n) is 5.65. The van der Waals surface area contributed by atoms with Gasteiger partial charge in [0.15, 0.2) is 4.21 Å². The van der Waals surface area contributed by atoms with Crippen molar-refractivity contribution < 1.29 is 8.42 Å². The molecule has 108 valence electrons. The summed E-state index contributed by atoms with van der Waals surface area (Å²) in [6.45, 7) is 7.53. The van der Waals surface area contributed by atoms with Crippen LogP contribution in [-0.4, -0.2) is 32.5 Å². The highest BCUT2D eigenvalue weighted by Crippen LogP contribution is 2.30. The Morgan fingerprint density at radius 3 is 2.89 bits per heavy atom. The molecule has 1 aromatic heterocycles. The number of rotatable bonds is 4. The summed E-state index contributed by atoms with van der Waals surface area (Å²) in [6, 6.07) is 0.171. The summed E-state index contributed by atoms with van der Waals surface area (Å²) in [4.78, 5) is 3.99. The van der Waals surface area contributed by atoms with Gasteiger partial charge in [0.25, 0.3) is 10.0 Å². The minimum Gasteiger partial charge on any atom is -0.312 e. The number of piperidine rings is 1. The van der Waals surface area contributed by atoms with E-state index in [1.54, 1.807) is 6.92 Å².